The lowest BCUT2D eigenvalue weighted by Crippen LogP contribution is -2.29. The molecule has 0 unspecified atom stereocenters. The molecule has 1 aliphatic carbocycles. The van der Waals surface area contributed by atoms with Gasteiger partial charge in [0, 0.05) is 23.9 Å². The van der Waals surface area contributed by atoms with Crippen molar-refractivity contribution >= 4 is 12.4 Å². The highest BCUT2D eigenvalue weighted by Gasteiger charge is 2.41. The predicted octanol–water partition coefficient (Wildman–Crippen LogP) is 1.97. The Hall–Kier alpha value is -1.89. The van der Waals surface area contributed by atoms with Crippen LogP contribution in [0.25, 0.3) is 0 Å². The number of H-pyrrole nitrogens is 1. The molecule has 132 valence electrons. The highest BCUT2D eigenvalue weighted by atomic mass is 16.5. The number of ether oxygens (including phenoxy) is 1. The summed E-state index contributed by atoms with van der Waals surface area (Å²) in [4.78, 5) is 27.2. The first-order valence-corrected chi connectivity index (χ1v) is 7.91. The standard InChI is InChI=1S/C9H15N3.C4H7NO3.C3H8/c1-7-6-11-8(12-7)5-9(10-2)3-4-9;1-8-4(7)5-2-3-6;1-3-2/h6,10H,3-5H2,1-2H3,(H,11,12);3H,2H2,1H3,(H,5,7);3H2,1-2H3. The Morgan fingerprint density at radius 1 is 1.48 bits per heavy atom. The van der Waals surface area contributed by atoms with E-state index in [1.54, 1.807) is 0 Å². The van der Waals surface area contributed by atoms with E-state index in [1.165, 1.54) is 26.4 Å². The number of aromatic nitrogens is 2. The summed E-state index contributed by atoms with van der Waals surface area (Å²) in [5, 5.41) is 5.50. The fraction of sp³-hybridized carbons (Fsp3) is 0.688. The zero-order valence-corrected chi connectivity index (χ0v) is 14.9. The number of methoxy groups -OCH3 is 1. The smallest absolute Gasteiger partial charge is 0.407 e. The molecule has 1 aliphatic rings. The van der Waals surface area contributed by atoms with Gasteiger partial charge in [-0.25, -0.2) is 9.78 Å². The second-order valence-corrected chi connectivity index (χ2v) is 5.47. The molecular formula is C16H30N4O3. The minimum absolute atomic E-state index is 0.00662. The Labute approximate surface area is 138 Å². The van der Waals surface area contributed by atoms with Gasteiger partial charge in [0.25, 0.3) is 0 Å². The molecule has 0 aliphatic heterocycles. The van der Waals surface area contributed by atoms with Crippen molar-refractivity contribution in [3.05, 3.63) is 17.7 Å². The van der Waals surface area contributed by atoms with Gasteiger partial charge in [-0.15, -0.1) is 0 Å². The van der Waals surface area contributed by atoms with Crippen LogP contribution in [0.15, 0.2) is 6.20 Å². The van der Waals surface area contributed by atoms with Gasteiger partial charge in [-0.1, -0.05) is 20.3 Å². The first-order chi connectivity index (χ1) is 11.0. The Balaban J connectivity index is 0.000000385. The molecule has 0 bridgehead atoms. The van der Waals surface area contributed by atoms with Crippen LogP contribution in [0.4, 0.5) is 4.79 Å². The highest BCUT2D eigenvalue weighted by molar-refractivity contribution is 5.70. The van der Waals surface area contributed by atoms with E-state index in [4.69, 9.17) is 0 Å². The molecule has 1 saturated carbocycles. The van der Waals surface area contributed by atoms with Gasteiger partial charge in [0.15, 0.2) is 0 Å². The van der Waals surface area contributed by atoms with Crippen LogP contribution in [-0.4, -0.2) is 48.6 Å². The van der Waals surface area contributed by atoms with E-state index < -0.39 is 6.09 Å². The first-order valence-electron chi connectivity index (χ1n) is 7.91. The lowest BCUT2D eigenvalue weighted by atomic mass is 10.2. The maximum absolute atomic E-state index is 10.1. The van der Waals surface area contributed by atoms with Crippen molar-refractivity contribution in [3.8, 4) is 0 Å². The third kappa shape index (κ3) is 9.67. The number of nitrogens with one attached hydrogen (secondary N) is 3. The monoisotopic (exact) mass is 326 g/mol. The molecule has 23 heavy (non-hydrogen) atoms. The molecule has 0 spiro atoms. The molecule has 0 aromatic carbocycles. The van der Waals surface area contributed by atoms with Crippen molar-refractivity contribution in [2.45, 2.75) is 52.0 Å². The number of carbonyl (C=O) groups excluding carboxylic acids is 2. The van der Waals surface area contributed by atoms with Gasteiger partial charge in [0.05, 0.1) is 13.7 Å². The quantitative estimate of drug-likeness (QED) is 0.719. The number of carbonyl (C=O) groups is 2. The van der Waals surface area contributed by atoms with E-state index >= 15 is 0 Å². The zero-order chi connectivity index (χ0) is 17.7. The molecule has 1 amide bonds. The van der Waals surface area contributed by atoms with Crippen LogP contribution in [0, 0.1) is 6.92 Å². The molecule has 7 heteroatoms. The van der Waals surface area contributed by atoms with Gasteiger partial charge in [-0.3, -0.25) is 0 Å². The van der Waals surface area contributed by atoms with Gasteiger partial charge < -0.3 is 25.1 Å². The number of alkyl carbamates (subject to hydrolysis) is 1. The normalized spacial score (nSPS) is 13.6. The first kappa shape index (κ1) is 21.1. The van der Waals surface area contributed by atoms with Crippen LogP contribution in [0.3, 0.4) is 0 Å². The van der Waals surface area contributed by atoms with Gasteiger partial charge in [-0.2, -0.15) is 0 Å². The molecule has 0 radical (unpaired) electrons. The summed E-state index contributed by atoms with van der Waals surface area (Å²) >= 11 is 0. The van der Waals surface area contributed by atoms with E-state index in [-0.39, 0.29) is 6.54 Å². The molecule has 0 atom stereocenters. The minimum atomic E-state index is -0.586. The zero-order valence-electron chi connectivity index (χ0n) is 14.9. The molecule has 1 heterocycles. The average Bonchev–Trinajstić information content (AvgIpc) is 3.20. The topological polar surface area (TPSA) is 96.1 Å². The number of imidazole rings is 1. The van der Waals surface area contributed by atoms with Crippen molar-refractivity contribution in [1.29, 1.82) is 0 Å². The summed E-state index contributed by atoms with van der Waals surface area (Å²) in [7, 11) is 3.27. The van der Waals surface area contributed by atoms with Crippen LogP contribution in [0.1, 0.15) is 44.6 Å². The summed E-state index contributed by atoms with van der Waals surface area (Å²) in [5.41, 5.74) is 1.52. The number of aldehydes is 1. The third-order valence-electron chi connectivity index (χ3n) is 3.16. The van der Waals surface area contributed by atoms with Crippen molar-refractivity contribution < 1.29 is 14.3 Å². The second-order valence-electron chi connectivity index (χ2n) is 5.47. The van der Waals surface area contributed by atoms with Crippen molar-refractivity contribution in [2.24, 2.45) is 0 Å². The van der Waals surface area contributed by atoms with Crippen molar-refractivity contribution in [2.75, 3.05) is 20.7 Å². The molecular weight excluding hydrogens is 296 g/mol. The average molecular weight is 326 g/mol. The van der Waals surface area contributed by atoms with E-state index in [2.05, 4.69) is 39.2 Å². The number of aryl methyl sites for hydroxylation is 1. The lowest BCUT2D eigenvalue weighted by molar-refractivity contribution is -0.107. The van der Waals surface area contributed by atoms with E-state index in [9.17, 15) is 9.59 Å². The number of aromatic amines is 1. The SMILES string of the molecule is CCC.CNC1(Cc2ncc(C)[nH]2)CC1.COC(=O)NCC=O. The summed E-state index contributed by atoms with van der Waals surface area (Å²) in [6, 6.07) is 0. The van der Waals surface area contributed by atoms with Crippen molar-refractivity contribution in [1.82, 2.24) is 20.6 Å². The Morgan fingerprint density at radius 2 is 2.09 bits per heavy atom. The molecule has 1 aromatic rings. The molecule has 0 saturated heterocycles. The summed E-state index contributed by atoms with van der Waals surface area (Å²) in [6.45, 7) is 6.29. The number of hydrogen-bond donors (Lipinski definition) is 3. The van der Waals surface area contributed by atoms with Crippen LogP contribution in [0.5, 0.6) is 0 Å². The van der Waals surface area contributed by atoms with Gasteiger partial charge in [-0.05, 0) is 26.8 Å². The molecule has 1 aromatic heterocycles. The van der Waals surface area contributed by atoms with E-state index in [0.29, 0.717) is 11.8 Å². The van der Waals surface area contributed by atoms with Crippen LogP contribution < -0.4 is 10.6 Å². The number of amides is 1. The van der Waals surface area contributed by atoms with Crippen LogP contribution in [0.2, 0.25) is 0 Å². The fourth-order valence-corrected chi connectivity index (χ4v) is 1.74. The molecule has 1 fully saturated rings. The lowest BCUT2D eigenvalue weighted by Gasteiger charge is -2.10. The number of rotatable bonds is 5. The summed E-state index contributed by atoms with van der Waals surface area (Å²) < 4.78 is 4.14. The maximum Gasteiger partial charge on any atom is 0.407 e. The molecule has 7 nitrogen and oxygen atoms in total. The highest BCUT2D eigenvalue weighted by Crippen LogP contribution is 2.37. The summed E-state index contributed by atoms with van der Waals surface area (Å²) in [6.07, 6.45) is 6.74. The number of nitrogens with zero attached hydrogens (tertiary/aromatic N) is 1. The Kier molecular flexibility index (Phi) is 10.7. The van der Waals surface area contributed by atoms with Crippen LogP contribution >= 0.6 is 0 Å². The van der Waals surface area contributed by atoms with E-state index in [0.717, 1.165) is 17.9 Å². The van der Waals surface area contributed by atoms with E-state index in [1.807, 2.05) is 20.2 Å². The second kappa shape index (κ2) is 11.6. The van der Waals surface area contributed by atoms with Crippen molar-refractivity contribution in [3.63, 3.8) is 0 Å². The molecule has 3 N–H and O–H groups in total. The fourth-order valence-electron chi connectivity index (χ4n) is 1.74. The van der Waals surface area contributed by atoms with Gasteiger partial charge in [0.1, 0.15) is 12.1 Å². The number of hydrogen-bond acceptors (Lipinski definition) is 5. The Bertz CT molecular complexity index is 456. The third-order valence-corrected chi connectivity index (χ3v) is 3.16. The predicted molar refractivity (Wildman–Crippen MR) is 90.5 cm³/mol. The van der Waals surface area contributed by atoms with Gasteiger partial charge >= 0.3 is 6.09 Å². The largest absolute Gasteiger partial charge is 0.453 e. The summed E-state index contributed by atoms with van der Waals surface area (Å²) in [5.74, 6) is 1.11. The number of likely N-dealkylation sites (N-methyl/N-ethyl adjacent to an activating group) is 1. The maximum atomic E-state index is 10.1. The minimum Gasteiger partial charge on any atom is -0.453 e. The van der Waals surface area contributed by atoms with Gasteiger partial charge in [0.2, 0.25) is 0 Å². The molecule has 2 rings (SSSR count). The van der Waals surface area contributed by atoms with Crippen LogP contribution in [-0.2, 0) is 16.0 Å². The Morgan fingerprint density at radius 3 is 2.43 bits per heavy atom.